The molecule has 0 spiro atoms. The molecule has 1 aromatic rings. The SMILES string of the molecule is CC(C)(C)C1CCc2nnc(CC3CCNCC3)n2CC1. The van der Waals surface area contributed by atoms with Gasteiger partial charge in [-0.25, -0.2) is 0 Å². The summed E-state index contributed by atoms with van der Waals surface area (Å²) in [7, 11) is 0. The lowest BCUT2D eigenvalue weighted by atomic mass is 9.76. The van der Waals surface area contributed by atoms with Crippen molar-refractivity contribution in [2.75, 3.05) is 13.1 Å². The summed E-state index contributed by atoms with van der Waals surface area (Å²) in [6.45, 7) is 10.6. The van der Waals surface area contributed by atoms with Gasteiger partial charge in [-0.2, -0.15) is 0 Å². The monoisotopic (exact) mass is 290 g/mol. The number of fused-ring (bicyclic) bond motifs is 1. The predicted molar refractivity (Wildman–Crippen MR) is 85.2 cm³/mol. The molecule has 4 nitrogen and oxygen atoms in total. The fourth-order valence-electron chi connectivity index (χ4n) is 3.91. The highest BCUT2D eigenvalue weighted by Crippen LogP contribution is 2.35. The van der Waals surface area contributed by atoms with Gasteiger partial charge in [-0.3, -0.25) is 0 Å². The molecule has 118 valence electrons. The highest BCUT2D eigenvalue weighted by molar-refractivity contribution is 5.01. The molecule has 1 aromatic heterocycles. The van der Waals surface area contributed by atoms with E-state index in [1.165, 1.54) is 37.3 Å². The van der Waals surface area contributed by atoms with Crippen LogP contribution in [0.4, 0.5) is 0 Å². The molecule has 3 rings (SSSR count). The van der Waals surface area contributed by atoms with Gasteiger partial charge in [0.2, 0.25) is 0 Å². The van der Waals surface area contributed by atoms with Gasteiger partial charge in [0.15, 0.2) is 0 Å². The van der Waals surface area contributed by atoms with Crippen LogP contribution in [0.2, 0.25) is 0 Å². The molecule has 4 heteroatoms. The number of nitrogens with zero attached hydrogens (tertiary/aromatic N) is 3. The molecule has 3 heterocycles. The largest absolute Gasteiger partial charge is 0.317 e. The maximum atomic E-state index is 4.51. The molecule has 0 aliphatic carbocycles. The van der Waals surface area contributed by atoms with Gasteiger partial charge in [0.1, 0.15) is 11.6 Å². The Morgan fingerprint density at radius 2 is 1.86 bits per heavy atom. The van der Waals surface area contributed by atoms with Crippen LogP contribution in [0.25, 0.3) is 0 Å². The third kappa shape index (κ3) is 3.47. The van der Waals surface area contributed by atoms with Crippen molar-refractivity contribution in [3.8, 4) is 0 Å². The standard InChI is InChI=1S/C17H30N4/c1-17(2,3)14-4-5-15-19-20-16(21(15)11-8-14)12-13-6-9-18-10-7-13/h13-14,18H,4-12H2,1-3H3. The minimum atomic E-state index is 0.409. The summed E-state index contributed by atoms with van der Waals surface area (Å²) < 4.78 is 2.44. The van der Waals surface area contributed by atoms with Gasteiger partial charge in [0.05, 0.1) is 0 Å². The van der Waals surface area contributed by atoms with Gasteiger partial charge in [0, 0.05) is 19.4 Å². The Balaban J connectivity index is 1.69. The Morgan fingerprint density at radius 3 is 2.57 bits per heavy atom. The van der Waals surface area contributed by atoms with Gasteiger partial charge >= 0.3 is 0 Å². The molecule has 1 saturated heterocycles. The van der Waals surface area contributed by atoms with Crippen molar-refractivity contribution in [2.45, 2.75) is 65.8 Å². The Labute approximate surface area is 128 Å². The molecular formula is C17H30N4. The number of piperidine rings is 1. The highest BCUT2D eigenvalue weighted by Gasteiger charge is 2.28. The van der Waals surface area contributed by atoms with Crippen LogP contribution in [-0.4, -0.2) is 27.9 Å². The highest BCUT2D eigenvalue weighted by atomic mass is 15.3. The average Bonchev–Trinajstić information content (AvgIpc) is 2.69. The first-order valence-corrected chi connectivity index (χ1v) is 8.65. The quantitative estimate of drug-likeness (QED) is 0.911. The lowest BCUT2D eigenvalue weighted by molar-refractivity contribution is 0.211. The molecule has 21 heavy (non-hydrogen) atoms. The third-order valence-corrected chi connectivity index (χ3v) is 5.48. The van der Waals surface area contributed by atoms with E-state index in [1.807, 2.05) is 0 Å². The van der Waals surface area contributed by atoms with Crippen LogP contribution in [0.1, 0.15) is 58.1 Å². The van der Waals surface area contributed by atoms with Crippen LogP contribution in [0.5, 0.6) is 0 Å². The van der Waals surface area contributed by atoms with Crippen molar-refractivity contribution in [3.05, 3.63) is 11.6 Å². The molecular weight excluding hydrogens is 260 g/mol. The summed E-state index contributed by atoms with van der Waals surface area (Å²) in [6, 6.07) is 0. The second kappa shape index (κ2) is 6.07. The van der Waals surface area contributed by atoms with Crippen molar-refractivity contribution in [3.63, 3.8) is 0 Å². The summed E-state index contributed by atoms with van der Waals surface area (Å²) in [5, 5.41) is 12.5. The van der Waals surface area contributed by atoms with Crippen molar-refractivity contribution in [1.29, 1.82) is 0 Å². The summed E-state index contributed by atoms with van der Waals surface area (Å²) in [6.07, 6.45) is 7.32. The smallest absolute Gasteiger partial charge is 0.133 e. The Hall–Kier alpha value is -0.900. The average molecular weight is 290 g/mol. The molecule has 1 unspecified atom stereocenters. The van der Waals surface area contributed by atoms with Crippen LogP contribution >= 0.6 is 0 Å². The van der Waals surface area contributed by atoms with E-state index < -0.39 is 0 Å². The van der Waals surface area contributed by atoms with Crippen LogP contribution in [0.15, 0.2) is 0 Å². The van der Waals surface area contributed by atoms with E-state index in [0.717, 1.165) is 44.3 Å². The summed E-state index contributed by atoms with van der Waals surface area (Å²) >= 11 is 0. The maximum Gasteiger partial charge on any atom is 0.133 e. The minimum absolute atomic E-state index is 0.409. The number of hydrogen-bond donors (Lipinski definition) is 1. The minimum Gasteiger partial charge on any atom is -0.317 e. The summed E-state index contributed by atoms with van der Waals surface area (Å²) in [4.78, 5) is 0. The van der Waals surface area contributed by atoms with E-state index in [2.05, 4.69) is 40.9 Å². The third-order valence-electron chi connectivity index (χ3n) is 5.48. The molecule has 1 N–H and O–H groups in total. The lowest BCUT2D eigenvalue weighted by Gasteiger charge is -2.29. The van der Waals surface area contributed by atoms with Crippen molar-refractivity contribution < 1.29 is 0 Å². The van der Waals surface area contributed by atoms with Gasteiger partial charge in [-0.1, -0.05) is 20.8 Å². The van der Waals surface area contributed by atoms with Gasteiger partial charge in [-0.05, 0) is 56.0 Å². The van der Waals surface area contributed by atoms with E-state index in [0.29, 0.717) is 5.41 Å². The number of nitrogens with one attached hydrogen (secondary N) is 1. The molecule has 1 fully saturated rings. The maximum absolute atomic E-state index is 4.51. The second-order valence-electron chi connectivity index (χ2n) is 7.97. The zero-order valence-electron chi connectivity index (χ0n) is 13.9. The zero-order valence-corrected chi connectivity index (χ0v) is 13.9. The Morgan fingerprint density at radius 1 is 1.10 bits per heavy atom. The fourth-order valence-corrected chi connectivity index (χ4v) is 3.91. The van der Waals surface area contributed by atoms with E-state index in [1.54, 1.807) is 0 Å². The van der Waals surface area contributed by atoms with Crippen LogP contribution in [0.3, 0.4) is 0 Å². The van der Waals surface area contributed by atoms with Crippen molar-refractivity contribution >= 4 is 0 Å². The van der Waals surface area contributed by atoms with Gasteiger partial charge < -0.3 is 9.88 Å². The van der Waals surface area contributed by atoms with Gasteiger partial charge in [-0.15, -0.1) is 10.2 Å². The zero-order chi connectivity index (χ0) is 14.9. The number of aryl methyl sites for hydroxylation is 1. The summed E-state index contributed by atoms with van der Waals surface area (Å²) in [5.41, 5.74) is 0.409. The lowest BCUT2D eigenvalue weighted by Crippen LogP contribution is -2.29. The molecule has 0 radical (unpaired) electrons. The molecule has 0 bridgehead atoms. The molecule has 2 aliphatic heterocycles. The van der Waals surface area contributed by atoms with E-state index in [-0.39, 0.29) is 0 Å². The number of hydrogen-bond acceptors (Lipinski definition) is 3. The Kier molecular flexibility index (Phi) is 4.34. The molecule has 2 aliphatic rings. The van der Waals surface area contributed by atoms with Crippen LogP contribution in [-0.2, 0) is 19.4 Å². The first-order valence-electron chi connectivity index (χ1n) is 8.65. The second-order valence-corrected chi connectivity index (χ2v) is 7.97. The first kappa shape index (κ1) is 15.0. The van der Waals surface area contributed by atoms with Gasteiger partial charge in [0.25, 0.3) is 0 Å². The molecule has 1 atom stereocenters. The van der Waals surface area contributed by atoms with Crippen molar-refractivity contribution in [1.82, 2.24) is 20.1 Å². The Bertz CT molecular complexity index is 466. The van der Waals surface area contributed by atoms with Crippen LogP contribution < -0.4 is 5.32 Å². The predicted octanol–water partition coefficient (Wildman–Crippen LogP) is 2.82. The first-order chi connectivity index (χ1) is 10.0. The number of rotatable bonds is 2. The number of aromatic nitrogens is 3. The van der Waals surface area contributed by atoms with E-state index in [9.17, 15) is 0 Å². The molecule has 0 saturated carbocycles. The molecule has 0 aromatic carbocycles. The van der Waals surface area contributed by atoms with Crippen molar-refractivity contribution in [2.24, 2.45) is 17.3 Å². The fraction of sp³-hybridized carbons (Fsp3) is 0.882. The molecule has 0 amide bonds. The topological polar surface area (TPSA) is 42.7 Å². The van der Waals surface area contributed by atoms with Crippen LogP contribution in [0, 0.1) is 17.3 Å². The van der Waals surface area contributed by atoms with E-state index >= 15 is 0 Å². The summed E-state index contributed by atoms with van der Waals surface area (Å²) in [5.74, 6) is 4.06. The van der Waals surface area contributed by atoms with E-state index in [4.69, 9.17) is 0 Å². The normalized spacial score (nSPS) is 24.6.